The lowest BCUT2D eigenvalue weighted by atomic mass is 9.97. The summed E-state index contributed by atoms with van der Waals surface area (Å²) in [6.07, 6.45) is 0.441. The minimum atomic E-state index is -0.402. The van der Waals surface area contributed by atoms with E-state index in [2.05, 4.69) is 5.10 Å². The minimum absolute atomic E-state index is 0.163. The van der Waals surface area contributed by atoms with Gasteiger partial charge in [-0.05, 0) is 17.7 Å². The van der Waals surface area contributed by atoms with E-state index in [0.29, 0.717) is 34.3 Å². The summed E-state index contributed by atoms with van der Waals surface area (Å²) < 4.78 is 26.7. The van der Waals surface area contributed by atoms with E-state index in [1.807, 2.05) is 6.07 Å². The number of nitrogens with two attached hydrogens (primary N) is 1. The van der Waals surface area contributed by atoms with Gasteiger partial charge in [-0.15, -0.1) is 0 Å². The largest absolute Gasteiger partial charge is 0.370 e. The smallest absolute Gasteiger partial charge is 0.139 e. The maximum absolute atomic E-state index is 14.3. The van der Waals surface area contributed by atoms with E-state index in [0.717, 1.165) is 16.8 Å². The Kier molecular flexibility index (Phi) is 5.76. The van der Waals surface area contributed by atoms with Gasteiger partial charge < -0.3 is 15.2 Å². The van der Waals surface area contributed by atoms with Crippen LogP contribution >= 0.6 is 23.2 Å². The molecule has 8 heteroatoms. The van der Waals surface area contributed by atoms with Gasteiger partial charge in [-0.2, -0.15) is 5.10 Å². The highest BCUT2D eigenvalue weighted by molar-refractivity contribution is 6.35. The average Bonchev–Trinajstić information content (AvgIpc) is 2.95. The first-order valence-corrected chi connectivity index (χ1v) is 8.47. The molecule has 1 aliphatic rings. The molecule has 0 bridgehead atoms. The lowest BCUT2D eigenvalue weighted by molar-refractivity contribution is 0.0975. The monoisotopic (exact) mass is 385 g/mol. The standard InChI is InChI=1S/C17H18Cl2FN3O2/c1-24-9-23-16-8-25-7-12(14(20)6-21)17(16)15(22-23)4-10-2-3-11(18)5-13(10)19/h2-3,5H,4,6-9,21H2,1H3/b14-12-. The summed E-state index contributed by atoms with van der Waals surface area (Å²) in [4.78, 5) is 0. The van der Waals surface area contributed by atoms with Crippen LogP contribution in [0, 0.1) is 0 Å². The van der Waals surface area contributed by atoms with Gasteiger partial charge in [-0.3, -0.25) is 0 Å². The van der Waals surface area contributed by atoms with Gasteiger partial charge in [0.2, 0.25) is 0 Å². The molecule has 0 fully saturated rings. The van der Waals surface area contributed by atoms with Crippen LogP contribution in [0.25, 0.3) is 5.57 Å². The van der Waals surface area contributed by atoms with E-state index in [4.69, 9.17) is 38.4 Å². The number of nitrogens with zero attached hydrogens (tertiary/aromatic N) is 2. The van der Waals surface area contributed by atoms with Crippen molar-refractivity contribution in [3.8, 4) is 0 Å². The fourth-order valence-corrected chi connectivity index (χ4v) is 3.38. The molecule has 2 N–H and O–H groups in total. The Bertz CT molecular complexity index is 820. The number of aromatic nitrogens is 2. The van der Waals surface area contributed by atoms with E-state index in [9.17, 15) is 4.39 Å². The molecule has 0 saturated heterocycles. The molecular weight excluding hydrogens is 368 g/mol. The average molecular weight is 386 g/mol. The van der Waals surface area contributed by atoms with Crippen LogP contribution in [0.4, 0.5) is 4.39 Å². The first kappa shape index (κ1) is 18.4. The molecule has 25 heavy (non-hydrogen) atoms. The SMILES string of the molecule is COCn1nc(Cc2ccc(Cl)cc2Cl)c2c1COC/C2=C(/F)CN. The lowest BCUT2D eigenvalue weighted by Gasteiger charge is -2.19. The van der Waals surface area contributed by atoms with Crippen LogP contribution in [0.5, 0.6) is 0 Å². The van der Waals surface area contributed by atoms with Gasteiger partial charge in [-0.25, -0.2) is 9.07 Å². The van der Waals surface area contributed by atoms with E-state index < -0.39 is 5.83 Å². The third kappa shape index (κ3) is 3.73. The van der Waals surface area contributed by atoms with Crippen molar-refractivity contribution < 1.29 is 13.9 Å². The van der Waals surface area contributed by atoms with E-state index in [1.165, 1.54) is 0 Å². The number of hydrogen-bond acceptors (Lipinski definition) is 4. The summed E-state index contributed by atoms with van der Waals surface area (Å²) >= 11 is 12.2. The molecule has 0 unspecified atom stereocenters. The Hall–Kier alpha value is -1.44. The van der Waals surface area contributed by atoms with Crippen molar-refractivity contribution >= 4 is 28.8 Å². The topological polar surface area (TPSA) is 62.3 Å². The third-order valence-corrected chi connectivity index (χ3v) is 4.64. The number of hydrogen-bond donors (Lipinski definition) is 1. The second-order valence-electron chi connectivity index (χ2n) is 5.68. The second kappa shape index (κ2) is 7.85. The Balaban J connectivity index is 2.10. The third-order valence-electron chi connectivity index (χ3n) is 4.05. The Morgan fingerprint density at radius 2 is 2.20 bits per heavy atom. The molecule has 1 aliphatic heterocycles. The van der Waals surface area contributed by atoms with Crippen LogP contribution < -0.4 is 5.73 Å². The van der Waals surface area contributed by atoms with Crippen molar-refractivity contribution in [2.45, 2.75) is 19.8 Å². The van der Waals surface area contributed by atoms with Gasteiger partial charge in [0.05, 0.1) is 24.6 Å². The molecule has 3 rings (SSSR count). The second-order valence-corrected chi connectivity index (χ2v) is 6.52. The predicted octanol–water partition coefficient (Wildman–Crippen LogP) is 3.55. The summed E-state index contributed by atoms with van der Waals surface area (Å²) in [6, 6.07) is 5.29. The molecule has 0 spiro atoms. The number of rotatable bonds is 5. The zero-order valence-corrected chi connectivity index (χ0v) is 15.2. The molecule has 1 aromatic heterocycles. The summed E-state index contributed by atoms with van der Waals surface area (Å²) in [5, 5.41) is 5.69. The predicted molar refractivity (Wildman–Crippen MR) is 95.2 cm³/mol. The number of ether oxygens (including phenoxy) is 2. The lowest BCUT2D eigenvalue weighted by Crippen LogP contribution is -2.16. The molecule has 0 aliphatic carbocycles. The fourth-order valence-electron chi connectivity index (χ4n) is 2.90. The van der Waals surface area contributed by atoms with Gasteiger partial charge in [0, 0.05) is 41.3 Å². The van der Waals surface area contributed by atoms with Crippen molar-refractivity contribution in [2.24, 2.45) is 5.73 Å². The van der Waals surface area contributed by atoms with Gasteiger partial charge in [0.1, 0.15) is 12.6 Å². The molecule has 1 aromatic carbocycles. The Morgan fingerprint density at radius 3 is 2.88 bits per heavy atom. The van der Waals surface area contributed by atoms with E-state index in [-0.39, 0.29) is 19.9 Å². The van der Waals surface area contributed by atoms with Gasteiger partial charge in [0.15, 0.2) is 0 Å². The zero-order chi connectivity index (χ0) is 18.0. The molecule has 2 aromatic rings. The molecule has 0 saturated carbocycles. The van der Waals surface area contributed by atoms with Gasteiger partial charge in [-0.1, -0.05) is 29.3 Å². The molecule has 0 amide bonds. The molecule has 5 nitrogen and oxygen atoms in total. The summed E-state index contributed by atoms with van der Waals surface area (Å²) in [5.41, 5.74) is 9.00. The number of benzene rings is 1. The van der Waals surface area contributed by atoms with Crippen LogP contribution in [0.2, 0.25) is 10.0 Å². The summed E-state index contributed by atoms with van der Waals surface area (Å²) in [7, 11) is 1.57. The van der Waals surface area contributed by atoms with Crippen molar-refractivity contribution in [3.63, 3.8) is 0 Å². The van der Waals surface area contributed by atoms with Crippen molar-refractivity contribution in [2.75, 3.05) is 20.3 Å². The molecule has 134 valence electrons. The Labute approximate surface area is 155 Å². The Morgan fingerprint density at radius 1 is 1.40 bits per heavy atom. The van der Waals surface area contributed by atoms with Crippen molar-refractivity contribution in [1.82, 2.24) is 9.78 Å². The normalized spacial score (nSPS) is 16.0. The molecular formula is C17H18Cl2FN3O2. The van der Waals surface area contributed by atoms with Crippen molar-refractivity contribution in [3.05, 3.63) is 56.6 Å². The van der Waals surface area contributed by atoms with Gasteiger partial charge >= 0.3 is 0 Å². The highest BCUT2D eigenvalue weighted by Gasteiger charge is 2.27. The zero-order valence-electron chi connectivity index (χ0n) is 13.7. The van der Waals surface area contributed by atoms with Crippen LogP contribution in [0.3, 0.4) is 0 Å². The first-order valence-electron chi connectivity index (χ1n) is 7.72. The summed E-state index contributed by atoms with van der Waals surface area (Å²) in [5.74, 6) is -0.402. The highest BCUT2D eigenvalue weighted by atomic mass is 35.5. The van der Waals surface area contributed by atoms with Crippen LogP contribution in [0.15, 0.2) is 24.0 Å². The first-order chi connectivity index (χ1) is 12.0. The summed E-state index contributed by atoms with van der Waals surface area (Å²) in [6.45, 7) is 0.559. The molecule has 0 radical (unpaired) electrons. The van der Waals surface area contributed by atoms with Crippen molar-refractivity contribution in [1.29, 1.82) is 0 Å². The molecule has 0 atom stereocenters. The number of halogens is 3. The molecule has 2 heterocycles. The van der Waals surface area contributed by atoms with E-state index >= 15 is 0 Å². The maximum atomic E-state index is 14.3. The fraction of sp³-hybridized carbons (Fsp3) is 0.353. The highest BCUT2D eigenvalue weighted by Crippen LogP contribution is 2.34. The van der Waals surface area contributed by atoms with Crippen LogP contribution in [0.1, 0.15) is 22.5 Å². The number of methoxy groups -OCH3 is 1. The van der Waals surface area contributed by atoms with Crippen LogP contribution in [-0.4, -0.2) is 30.0 Å². The van der Waals surface area contributed by atoms with E-state index in [1.54, 1.807) is 23.9 Å². The minimum Gasteiger partial charge on any atom is -0.370 e. The maximum Gasteiger partial charge on any atom is 0.139 e. The van der Waals surface area contributed by atoms with Crippen LogP contribution in [-0.2, 0) is 29.2 Å². The number of fused-ring (bicyclic) bond motifs is 1. The van der Waals surface area contributed by atoms with Gasteiger partial charge in [0.25, 0.3) is 0 Å². The quantitative estimate of drug-likeness (QED) is 0.854.